The highest BCUT2D eigenvalue weighted by atomic mass is 16.6. The number of nitrogens with zero attached hydrogens (tertiary/aromatic N) is 1. The van der Waals surface area contributed by atoms with Crippen LogP contribution in [0.3, 0.4) is 0 Å². The molecule has 0 saturated carbocycles. The maximum atomic E-state index is 12.3. The molecule has 0 aliphatic heterocycles. The largest absolute Gasteiger partial charge is 0.449 e. The van der Waals surface area contributed by atoms with Gasteiger partial charge in [-0.15, -0.1) is 0 Å². The zero-order valence-corrected chi connectivity index (χ0v) is 14.4. The average Bonchev–Trinajstić information content (AvgIpc) is 2.67. The zero-order chi connectivity index (χ0) is 19.4. The van der Waals surface area contributed by atoms with E-state index in [-0.39, 0.29) is 11.3 Å². The number of nitrogens with one attached hydrogen (secondary N) is 1. The van der Waals surface area contributed by atoms with E-state index in [1.165, 1.54) is 25.1 Å². The van der Waals surface area contributed by atoms with Crippen molar-refractivity contribution < 1.29 is 19.2 Å². The summed E-state index contributed by atoms with van der Waals surface area (Å²) in [6.45, 7) is 1.44. The fourth-order valence-electron chi connectivity index (χ4n) is 2.54. The van der Waals surface area contributed by atoms with E-state index in [2.05, 4.69) is 5.32 Å². The summed E-state index contributed by atoms with van der Waals surface area (Å²) in [6, 6.07) is 18.3. The summed E-state index contributed by atoms with van der Waals surface area (Å²) < 4.78 is 5.12. The van der Waals surface area contributed by atoms with E-state index in [0.29, 0.717) is 5.69 Å². The Hall–Kier alpha value is -3.74. The third kappa shape index (κ3) is 4.27. The van der Waals surface area contributed by atoms with E-state index in [1.54, 1.807) is 6.07 Å². The van der Waals surface area contributed by atoms with Crippen LogP contribution in [0.1, 0.15) is 17.3 Å². The van der Waals surface area contributed by atoms with Gasteiger partial charge in [0, 0.05) is 17.8 Å². The van der Waals surface area contributed by atoms with Crippen molar-refractivity contribution in [3.05, 3.63) is 82.4 Å². The number of ether oxygens (including phenoxy) is 1. The van der Waals surface area contributed by atoms with Gasteiger partial charge in [0.25, 0.3) is 11.6 Å². The number of nitro benzene ring substituents is 1. The molecule has 0 heterocycles. The Bertz CT molecular complexity index is 1030. The Morgan fingerprint density at radius 2 is 1.74 bits per heavy atom. The van der Waals surface area contributed by atoms with Crippen molar-refractivity contribution in [3.8, 4) is 0 Å². The minimum Gasteiger partial charge on any atom is -0.449 e. The molecule has 0 fully saturated rings. The van der Waals surface area contributed by atoms with Gasteiger partial charge in [0.2, 0.25) is 0 Å². The molecule has 1 unspecified atom stereocenters. The first kappa shape index (κ1) is 18.1. The molecule has 0 saturated heterocycles. The molecular formula is C20H16N2O5. The fourth-order valence-corrected chi connectivity index (χ4v) is 2.54. The predicted octanol–water partition coefficient (Wildman–Crippen LogP) is 3.93. The molecule has 7 heteroatoms. The number of non-ortho nitro benzene ring substituents is 1. The highest BCUT2D eigenvalue weighted by Gasteiger charge is 2.20. The second kappa shape index (κ2) is 7.65. The monoisotopic (exact) mass is 364 g/mol. The van der Waals surface area contributed by atoms with Gasteiger partial charge >= 0.3 is 5.97 Å². The lowest BCUT2D eigenvalue weighted by atomic mass is 10.1. The van der Waals surface area contributed by atoms with E-state index in [4.69, 9.17) is 4.74 Å². The summed E-state index contributed by atoms with van der Waals surface area (Å²) in [5.41, 5.74) is 0.365. The van der Waals surface area contributed by atoms with Crippen LogP contribution in [0, 0.1) is 10.1 Å². The number of carbonyl (C=O) groups excluding carboxylic acids is 2. The van der Waals surface area contributed by atoms with Crippen molar-refractivity contribution in [2.75, 3.05) is 5.32 Å². The Balaban J connectivity index is 1.66. The molecule has 1 amide bonds. The van der Waals surface area contributed by atoms with Gasteiger partial charge < -0.3 is 10.1 Å². The Morgan fingerprint density at radius 3 is 2.48 bits per heavy atom. The Morgan fingerprint density at radius 1 is 1.00 bits per heavy atom. The quantitative estimate of drug-likeness (QED) is 0.420. The van der Waals surface area contributed by atoms with Crippen molar-refractivity contribution in [2.24, 2.45) is 0 Å². The van der Waals surface area contributed by atoms with E-state index >= 15 is 0 Å². The SMILES string of the molecule is CC(OC(=O)c1cccc([N+](=O)[O-])c1)C(=O)Nc1ccc2ccccc2c1. The van der Waals surface area contributed by atoms with E-state index in [0.717, 1.165) is 16.8 Å². The van der Waals surface area contributed by atoms with Gasteiger partial charge in [0.1, 0.15) is 0 Å². The molecule has 27 heavy (non-hydrogen) atoms. The summed E-state index contributed by atoms with van der Waals surface area (Å²) in [4.78, 5) is 34.6. The normalized spacial score (nSPS) is 11.6. The van der Waals surface area contributed by atoms with Crippen LogP contribution in [0.25, 0.3) is 10.8 Å². The smallest absolute Gasteiger partial charge is 0.339 e. The molecule has 0 aliphatic rings. The standard InChI is InChI=1S/C20H16N2O5/c1-13(27-20(24)16-7-4-8-18(12-16)22(25)26)19(23)21-17-10-9-14-5-2-3-6-15(14)11-17/h2-13H,1H3,(H,21,23). The van der Waals surface area contributed by atoms with E-state index < -0.39 is 22.9 Å². The lowest BCUT2D eigenvalue weighted by Gasteiger charge is -2.14. The molecule has 0 radical (unpaired) electrons. The third-order valence-corrected chi connectivity index (χ3v) is 3.96. The van der Waals surface area contributed by atoms with Gasteiger partial charge in [0.15, 0.2) is 6.10 Å². The second-order valence-electron chi connectivity index (χ2n) is 5.91. The number of esters is 1. The number of hydrogen-bond acceptors (Lipinski definition) is 5. The summed E-state index contributed by atoms with van der Waals surface area (Å²) >= 11 is 0. The van der Waals surface area contributed by atoms with E-state index in [1.807, 2.05) is 36.4 Å². The second-order valence-corrected chi connectivity index (χ2v) is 5.91. The summed E-state index contributed by atoms with van der Waals surface area (Å²) in [6.07, 6.45) is -1.07. The van der Waals surface area contributed by atoms with Gasteiger partial charge in [-0.1, -0.05) is 36.4 Å². The first-order valence-electron chi connectivity index (χ1n) is 8.19. The molecule has 3 aromatic carbocycles. The van der Waals surface area contributed by atoms with Gasteiger partial charge in [-0.05, 0) is 35.9 Å². The molecule has 3 rings (SSSR count). The summed E-state index contributed by atoms with van der Waals surface area (Å²) in [5.74, 6) is -1.30. The maximum Gasteiger partial charge on any atom is 0.339 e. The van der Waals surface area contributed by atoms with Crippen LogP contribution in [-0.4, -0.2) is 22.9 Å². The zero-order valence-electron chi connectivity index (χ0n) is 14.4. The minimum absolute atomic E-state index is 0.00885. The molecule has 1 atom stereocenters. The lowest BCUT2D eigenvalue weighted by molar-refractivity contribution is -0.384. The summed E-state index contributed by atoms with van der Waals surface area (Å²) in [5, 5.41) is 15.5. The van der Waals surface area contributed by atoms with Crippen molar-refractivity contribution in [1.29, 1.82) is 0 Å². The number of carbonyl (C=O) groups is 2. The van der Waals surface area contributed by atoms with Crippen LogP contribution in [0.5, 0.6) is 0 Å². The highest BCUT2D eigenvalue weighted by Crippen LogP contribution is 2.19. The van der Waals surface area contributed by atoms with Crippen LogP contribution in [0.2, 0.25) is 0 Å². The average molecular weight is 364 g/mol. The fraction of sp³-hybridized carbons (Fsp3) is 0.100. The van der Waals surface area contributed by atoms with Crippen molar-refractivity contribution in [1.82, 2.24) is 0 Å². The van der Waals surface area contributed by atoms with Crippen molar-refractivity contribution >= 4 is 34.0 Å². The number of anilines is 1. The molecule has 0 spiro atoms. The molecule has 1 N–H and O–H groups in total. The minimum atomic E-state index is -1.07. The van der Waals surface area contributed by atoms with Crippen LogP contribution in [-0.2, 0) is 9.53 Å². The van der Waals surface area contributed by atoms with Crippen LogP contribution in [0.4, 0.5) is 11.4 Å². The van der Waals surface area contributed by atoms with Crippen molar-refractivity contribution in [2.45, 2.75) is 13.0 Å². The first-order valence-corrected chi connectivity index (χ1v) is 8.19. The Kier molecular flexibility index (Phi) is 5.12. The molecular weight excluding hydrogens is 348 g/mol. The first-order chi connectivity index (χ1) is 12.9. The lowest BCUT2D eigenvalue weighted by Crippen LogP contribution is -2.30. The number of rotatable bonds is 5. The van der Waals surface area contributed by atoms with Gasteiger partial charge in [-0.3, -0.25) is 14.9 Å². The molecule has 0 aromatic heterocycles. The number of benzene rings is 3. The van der Waals surface area contributed by atoms with Gasteiger partial charge in [-0.2, -0.15) is 0 Å². The topological polar surface area (TPSA) is 98.5 Å². The molecule has 0 aliphatic carbocycles. The molecule has 136 valence electrons. The molecule has 0 bridgehead atoms. The van der Waals surface area contributed by atoms with Crippen LogP contribution >= 0.6 is 0 Å². The van der Waals surface area contributed by atoms with Crippen molar-refractivity contribution in [3.63, 3.8) is 0 Å². The molecule has 7 nitrogen and oxygen atoms in total. The number of amides is 1. The highest BCUT2D eigenvalue weighted by molar-refractivity contribution is 5.99. The maximum absolute atomic E-state index is 12.3. The Labute approximate surface area is 154 Å². The van der Waals surface area contributed by atoms with Crippen LogP contribution in [0.15, 0.2) is 66.7 Å². The number of nitro groups is 1. The third-order valence-electron chi connectivity index (χ3n) is 3.96. The number of fused-ring (bicyclic) bond motifs is 1. The van der Waals surface area contributed by atoms with Gasteiger partial charge in [0.05, 0.1) is 10.5 Å². The van der Waals surface area contributed by atoms with Gasteiger partial charge in [-0.25, -0.2) is 4.79 Å². The van der Waals surface area contributed by atoms with Crippen LogP contribution < -0.4 is 5.32 Å². The molecule has 3 aromatic rings. The summed E-state index contributed by atoms with van der Waals surface area (Å²) in [7, 11) is 0. The van der Waals surface area contributed by atoms with E-state index in [9.17, 15) is 19.7 Å². The predicted molar refractivity (Wildman–Crippen MR) is 101 cm³/mol. The number of hydrogen-bond donors (Lipinski definition) is 1.